The molecule has 140 valence electrons. The van der Waals surface area contributed by atoms with Gasteiger partial charge in [0.1, 0.15) is 5.65 Å². The van der Waals surface area contributed by atoms with Gasteiger partial charge in [0, 0.05) is 25.4 Å². The van der Waals surface area contributed by atoms with Crippen LogP contribution in [-0.4, -0.2) is 37.2 Å². The third-order valence-electron chi connectivity index (χ3n) is 4.19. The standard InChI is InChI=1S/C19H16N6O3/c26-17(12-10-15-16(21-11-12)22-19(28)23-18(15)27)20-8-6-13-7-9-25(24-13)14-4-2-1-3-5-14/h1-5,7,9-11H,6,8H2,(H,20,26)(H2,21,22,23,27,28). The zero-order chi connectivity index (χ0) is 19.5. The molecule has 0 saturated carbocycles. The molecule has 1 aromatic carbocycles. The highest BCUT2D eigenvalue weighted by Gasteiger charge is 2.10. The fourth-order valence-corrected chi connectivity index (χ4v) is 2.80. The van der Waals surface area contributed by atoms with Crippen molar-refractivity contribution in [2.24, 2.45) is 0 Å². The molecule has 0 atom stereocenters. The quantitative estimate of drug-likeness (QED) is 0.474. The molecule has 9 heteroatoms. The second-order valence-corrected chi connectivity index (χ2v) is 6.12. The first-order valence-corrected chi connectivity index (χ1v) is 8.61. The van der Waals surface area contributed by atoms with Crippen molar-refractivity contribution in [1.82, 2.24) is 30.0 Å². The highest BCUT2D eigenvalue weighted by Crippen LogP contribution is 2.08. The van der Waals surface area contributed by atoms with Gasteiger partial charge in [-0.2, -0.15) is 5.10 Å². The van der Waals surface area contributed by atoms with Crippen LogP contribution in [0.1, 0.15) is 16.1 Å². The van der Waals surface area contributed by atoms with Gasteiger partial charge >= 0.3 is 5.69 Å². The third-order valence-corrected chi connectivity index (χ3v) is 4.19. The molecule has 0 aliphatic carbocycles. The number of amides is 1. The highest BCUT2D eigenvalue weighted by molar-refractivity contribution is 5.96. The van der Waals surface area contributed by atoms with Crippen LogP contribution in [0.5, 0.6) is 0 Å². The van der Waals surface area contributed by atoms with E-state index in [1.165, 1.54) is 12.3 Å². The van der Waals surface area contributed by atoms with Crippen LogP contribution in [0, 0.1) is 0 Å². The van der Waals surface area contributed by atoms with Gasteiger partial charge in [0.05, 0.1) is 22.3 Å². The van der Waals surface area contributed by atoms with Crippen LogP contribution in [0.2, 0.25) is 0 Å². The number of carbonyl (C=O) groups excluding carboxylic acids is 1. The first kappa shape index (κ1) is 17.4. The molecule has 3 aromatic heterocycles. The summed E-state index contributed by atoms with van der Waals surface area (Å²) in [6.45, 7) is 0.380. The first-order valence-electron chi connectivity index (χ1n) is 8.61. The average Bonchev–Trinajstić information content (AvgIpc) is 3.17. The number of aromatic amines is 2. The van der Waals surface area contributed by atoms with E-state index in [0.29, 0.717) is 13.0 Å². The summed E-state index contributed by atoms with van der Waals surface area (Å²) >= 11 is 0. The summed E-state index contributed by atoms with van der Waals surface area (Å²) < 4.78 is 1.78. The summed E-state index contributed by atoms with van der Waals surface area (Å²) in [5, 5.41) is 7.41. The summed E-state index contributed by atoms with van der Waals surface area (Å²) in [6, 6.07) is 13.0. The lowest BCUT2D eigenvalue weighted by Crippen LogP contribution is -2.27. The number of hydrogen-bond acceptors (Lipinski definition) is 5. The van der Waals surface area contributed by atoms with Gasteiger partial charge < -0.3 is 5.32 Å². The van der Waals surface area contributed by atoms with Gasteiger partial charge in [-0.15, -0.1) is 0 Å². The van der Waals surface area contributed by atoms with E-state index in [2.05, 4.69) is 25.4 Å². The van der Waals surface area contributed by atoms with E-state index in [9.17, 15) is 14.4 Å². The number of H-pyrrole nitrogens is 2. The van der Waals surface area contributed by atoms with Crippen LogP contribution in [0.15, 0.2) is 64.4 Å². The third kappa shape index (κ3) is 3.58. The van der Waals surface area contributed by atoms with Crippen molar-refractivity contribution in [2.75, 3.05) is 6.54 Å². The van der Waals surface area contributed by atoms with Crippen LogP contribution in [0.25, 0.3) is 16.7 Å². The Morgan fingerprint density at radius 3 is 2.75 bits per heavy atom. The van der Waals surface area contributed by atoms with Crippen LogP contribution in [0.4, 0.5) is 0 Å². The predicted octanol–water partition coefficient (Wildman–Crippen LogP) is 0.770. The molecule has 28 heavy (non-hydrogen) atoms. The number of nitrogens with zero attached hydrogens (tertiary/aromatic N) is 3. The zero-order valence-corrected chi connectivity index (χ0v) is 14.7. The molecule has 9 nitrogen and oxygen atoms in total. The normalized spacial score (nSPS) is 10.9. The Bertz CT molecular complexity index is 1260. The Morgan fingerprint density at radius 2 is 1.93 bits per heavy atom. The van der Waals surface area contributed by atoms with Crippen molar-refractivity contribution in [3.05, 3.63) is 87.0 Å². The van der Waals surface area contributed by atoms with Gasteiger partial charge in [0.2, 0.25) is 0 Å². The summed E-state index contributed by atoms with van der Waals surface area (Å²) in [4.78, 5) is 43.9. The van der Waals surface area contributed by atoms with Crippen molar-refractivity contribution >= 4 is 16.9 Å². The van der Waals surface area contributed by atoms with E-state index in [4.69, 9.17) is 0 Å². The number of pyridine rings is 1. The molecule has 0 spiro atoms. The number of fused-ring (bicyclic) bond motifs is 1. The summed E-state index contributed by atoms with van der Waals surface area (Å²) in [5.74, 6) is -0.359. The Hall–Kier alpha value is -4.01. The summed E-state index contributed by atoms with van der Waals surface area (Å²) in [6.07, 6.45) is 3.74. The van der Waals surface area contributed by atoms with Gasteiger partial charge in [0.15, 0.2) is 0 Å². The minimum Gasteiger partial charge on any atom is -0.352 e. The minimum atomic E-state index is -0.642. The van der Waals surface area contributed by atoms with E-state index >= 15 is 0 Å². The van der Waals surface area contributed by atoms with Gasteiger partial charge in [0.25, 0.3) is 11.5 Å². The Balaban J connectivity index is 1.41. The van der Waals surface area contributed by atoms with Crippen LogP contribution < -0.4 is 16.6 Å². The van der Waals surface area contributed by atoms with Gasteiger partial charge in [-0.05, 0) is 24.3 Å². The predicted molar refractivity (Wildman–Crippen MR) is 103 cm³/mol. The van der Waals surface area contributed by atoms with E-state index in [-0.39, 0.29) is 22.5 Å². The molecule has 4 rings (SSSR count). The number of aromatic nitrogens is 5. The van der Waals surface area contributed by atoms with Gasteiger partial charge in [-0.3, -0.25) is 19.6 Å². The molecular formula is C19H16N6O3. The summed E-state index contributed by atoms with van der Waals surface area (Å²) in [7, 11) is 0. The lowest BCUT2D eigenvalue weighted by Gasteiger charge is -2.05. The Morgan fingerprint density at radius 1 is 1.11 bits per heavy atom. The molecule has 1 amide bonds. The molecule has 3 heterocycles. The molecule has 3 N–H and O–H groups in total. The number of rotatable bonds is 5. The Kier molecular flexibility index (Phi) is 4.55. The molecular weight excluding hydrogens is 360 g/mol. The van der Waals surface area contributed by atoms with E-state index in [0.717, 1.165) is 11.4 Å². The zero-order valence-electron chi connectivity index (χ0n) is 14.7. The molecule has 0 aliphatic rings. The molecule has 0 aliphatic heterocycles. The number of benzene rings is 1. The monoisotopic (exact) mass is 376 g/mol. The number of hydrogen-bond donors (Lipinski definition) is 3. The SMILES string of the molecule is O=C(NCCc1ccn(-c2ccccc2)n1)c1cnc2[nH]c(=O)[nH]c(=O)c2c1. The summed E-state index contributed by atoms with van der Waals surface area (Å²) in [5.41, 5.74) is 0.944. The fourth-order valence-electron chi connectivity index (χ4n) is 2.80. The molecule has 4 aromatic rings. The van der Waals surface area contributed by atoms with E-state index < -0.39 is 11.2 Å². The van der Waals surface area contributed by atoms with Crippen LogP contribution in [0.3, 0.4) is 0 Å². The van der Waals surface area contributed by atoms with Crippen molar-refractivity contribution in [3.8, 4) is 5.69 Å². The lowest BCUT2D eigenvalue weighted by molar-refractivity contribution is 0.0954. The molecule has 0 fully saturated rings. The molecule has 0 radical (unpaired) electrons. The first-order chi connectivity index (χ1) is 13.6. The maximum Gasteiger partial charge on any atom is 0.327 e. The van der Waals surface area contributed by atoms with Gasteiger partial charge in [-0.1, -0.05) is 18.2 Å². The van der Waals surface area contributed by atoms with E-state index in [1.807, 2.05) is 42.6 Å². The second kappa shape index (κ2) is 7.31. The maximum absolute atomic E-state index is 12.3. The fraction of sp³-hybridized carbons (Fsp3) is 0.105. The highest BCUT2D eigenvalue weighted by atomic mass is 16.2. The maximum atomic E-state index is 12.3. The smallest absolute Gasteiger partial charge is 0.327 e. The van der Waals surface area contributed by atoms with Crippen molar-refractivity contribution in [1.29, 1.82) is 0 Å². The number of nitrogens with one attached hydrogen (secondary N) is 3. The second-order valence-electron chi connectivity index (χ2n) is 6.12. The molecule has 0 unspecified atom stereocenters. The Labute approximate surface area is 158 Å². The van der Waals surface area contributed by atoms with Gasteiger partial charge in [-0.25, -0.2) is 14.5 Å². The van der Waals surface area contributed by atoms with Crippen LogP contribution >= 0.6 is 0 Å². The molecule has 0 saturated heterocycles. The number of carbonyl (C=O) groups is 1. The topological polar surface area (TPSA) is 126 Å². The largest absolute Gasteiger partial charge is 0.352 e. The minimum absolute atomic E-state index is 0.136. The number of para-hydroxylation sites is 1. The molecule has 0 bridgehead atoms. The van der Waals surface area contributed by atoms with Crippen molar-refractivity contribution in [2.45, 2.75) is 6.42 Å². The van der Waals surface area contributed by atoms with Crippen LogP contribution in [-0.2, 0) is 6.42 Å². The average molecular weight is 376 g/mol. The van der Waals surface area contributed by atoms with Crippen molar-refractivity contribution < 1.29 is 4.79 Å². The lowest BCUT2D eigenvalue weighted by atomic mass is 10.2. The van der Waals surface area contributed by atoms with E-state index in [1.54, 1.807) is 4.68 Å². The van der Waals surface area contributed by atoms with Crippen molar-refractivity contribution in [3.63, 3.8) is 0 Å².